The van der Waals surface area contributed by atoms with Crippen LogP contribution in [-0.4, -0.2) is 66.4 Å². The number of amides is 2. The zero-order chi connectivity index (χ0) is 24.4. The molecule has 184 valence electrons. The van der Waals surface area contributed by atoms with Gasteiger partial charge >= 0.3 is 12.1 Å². The molecule has 3 aliphatic rings. The lowest BCUT2D eigenvalue weighted by Crippen LogP contribution is -2.43. The van der Waals surface area contributed by atoms with E-state index in [2.05, 4.69) is 29.6 Å². The fraction of sp³-hybridized carbons (Fsp3) is 0.444. The summed E-state index contributed by atoms with van der Waals surface area (Å²) in [6.45, 7) is 0.630. The summed E-state index contributed by atoms with van der Waals surface area (Å²) in [5, 5.41) is 11.9. The summed E-state index contributed by atoms with van der Waals surface area (Å²) in [5.74, 6) is -0.913. The maximum Gasteiger partial charge on any atom is 0.407 e. The molecule has 1 heterocycles. The van der Waals surface area contributed by atoms with E-state index in [0.29, 0.717) is 25.3 Å². The number of carboxylic acid groups (broad SMARTS) is 1. The summed E-state index contributed by atoms with van der Waals surface area (Å²) in [6.07, 6.45) is 1.69. The van der Waals surface area contributed by atoms with Crippen molar-refractivity contribution >= 4 is 18.0 Å². The molecular weight excluding hydrogens is 448 g/mol. The zero-order valence-electron chi connectivity index (χ0n) is 19.5. The standard InChI is InChI=1S/C27H30N2O6/c30-25(31)15-29(14-17-9-10-17)26(32)24-12-11-18(35-24)13-28-27(33)34-16-23-21-7-3-1-5-19(21)20-6-2-4-8-22(20)23/h1-8,17-18,23-24H,9-16H2,(H,28,33)(H,30,31). The van der Waals surface area contributed by atoms with Crippen LogP contribution in [0, 0.1) is 5.92 Å². The minimum atomic E-state index is -1.02. The third kappa shape index (κ3) is 5.32. The molecule has 1 saturated heterocycles. The highest BCUT2D eigenvalue weighted by Gasteiger charge is 2.36. The lowest BCUT2D eigenvalue weighted by Gasteiger charge is -2.24. The topological polar surface area (TPSA) is 105 Å². The average Bonchev–Trinajstić information content (AvgIpc) is 3.45. The zero-order valence-corrected chi connectivity index (χ0v) is 19.5. The monoisotopic (exact) mass is 478 g/mol. The number of rotatable bonds is 9. The Morgan fingerprint density at radius 3 is 2.26 bits per heavy atom. The number of carbonyl (C=O) groups is 3. The summed E-state index contributed by atoms with van der Waals surface area (Å²) < 4.78 is 11.4. The summed E-state index contributed by atoms with van der Waals surface area (Å²) in [7, 11) is 0. The smallest absolute Gasteiger partial charge is 0.407 e. The molecule has 2 fully saturated rings. The fourth-order valence-corrected chi connectivity index (χ4v) is 5.10. The van der Waals surface area contributed by atoms with Crippen LogP contribution in [0.1, 0.15) is 42.7 Å². The Morgan fingerprint density at radius 2 is 1.63 bits per heavy atom. The SMILES string of the molecule is O=C(O)CN(CC1CC1)C(=O)C1CCC(CNC(=O)OCC2c3ccccc3-c3ccccc32)O1. The van der Waals surface area contributed by atoms with Gasteiger partial charge in [0.1, 0.15) is 19.3 Å². The first-order chi connectivity index (χ1) is 17.0. The van der Waals surface area contributed by atoms with Gasteiger partial charge in [0, 0.05) is 19.0 Å². The molecule has 0 bridgehead atoms. The first-order valence-corrected chi connectivity index (χ1v) is 12.2. The second-order valence-corrected chi connectivity index (χ2v) is 9.59. The van der Waals surface area contributed by atoms with E-state index in [4.69, 9.17) is 14.6 Å². The molecule has 8 nitrogen and oxygen atoms in total. The number of carbonyl (C=O) groups excluding carboxylic acids is 2. The van der Waals surface area contributed by atoms with Gasteiger partial charge < -0.3 is 24.8 Å². The second kappa shape index (κ2) is 10.1. The van der Waals surface area contributed by atoms with E-state index in [1.54, 1.807) is 0 Å². The molecule has 2 aliphatic carbocycles. The van der Waals surface area contributed by atoms with Gasteiger partial charge in [0.2, 0.25) is 0 Å². The van der Waals surface area contributed by atoms with Gasteiger partial charge in [-0.3, -0.25) is 9.59 Å². The van der Waals surface area contributed by atoms with Crippen molar-refractivity contribution in [3.8, 4) is 11.1 Å². The molecule has 0 aromatic heterocycles. The van der Waals surface area contributed by atoms with Gasteiger partial charge in [0.05, 0.1) is 6.10 Å². The molecule has 2 aromatic carbocycles. The van der Waals surface area contributed by atoms with Crippen LogP contribution in [0.15, 0.2) is 48.5 Å². The van der Waals surface area contributed by atoms with E-state index in [9.17, 15) is 14.4 Å². The van der Waals surface area contributed by atoms with Crippen molar-refractivity contribution in [1.29, 1.82) is 0 Å². The number of nitrogens with zero attached hydrogens (tertiary/aromatic N) is 1. The summed E-state index contributed by atoms with van der Waals surface area (Å²) in [6, 6.07) is 16.3. The number of alkyl carbamates (subject to hydrolysis) is 1. The Labute approximate surface area is 204 Å². The minimum absolute atomic E-state index is 0.00966. The van der Waals surface area contributed by atoms with Crippen LogP contribution in [0.2, 0.25) is 0 Å². The molecule has 2 amide bonds. The largest absolute Gasteiger partial charge is 0.480 e. The quantitative estimate of drug-likeness (QED) is 0.572. The third-order valence-electron chi connectivity index (χ3n) is 7.01. The van der Waals surface area contributed by atoms with Crippen LogP contribution in [0.5, 0.6) is 0 Å². The molecule has 2 aromatic rings. The molecule has 35 heavy (non-hydrogen) atoms. The summed E-state index contributed by atoms with van der Waals surface area (Å²) in [4.78, 5) is 37.8. The highest BCUT2D eigenvalue weighted by molar-refractivity contribution is 5.85. The Bertz CT molecular complexity index is 1070. The van der Waals surface area contributed by atoms with E-state index < -0.39 is 18.2 Å². The number of benzene rings is 2. The Morgan fingerprint density at radius 1 is 0.971 bits per heavy atom. The Balaban J connectivity index is 1.10. The summed E-state index contributed by atoms with van der Waals surface area (Å²) >= 11 is 0. The van der Waals surface area contributed by atoms with Crippen LogP contribution in [-0.2, 0) is 19.1 Å². The maximum absolute atomic E-state index is 12.8. The normalized spacial score (nSPS) is 20.7. The maximum atomic E-state index is 12.8. The molecule has 2 atom stereocenters. The lowest BCUT2D eigenvalue weighted by molar-refractivity contribution is -0.150. The van der Waals surface area contributed by atoms with E-state index in [1.807, 2.05) is 24.3 Å². The number of nitrogens with one attached hydrogen (secondary N) is 1. The third-order valence-corrected chi connectivity index (χ3v) is 7.01. The molecule has 8 heteroatoms. The predicted octanol–water partition coefficient (Wildman–Crippen LogP) is 3.40. The second-order valence-electron chi connectivity index (χ2n) is 9.59. The van der Waals surface area contributed by atoms with Gasteiger partial charge in [-0.15, -0.1) is 0 Å². The van der Waals surface area contributed by atoms with Crippen molar-refractivity contribution in [2.45, 2.75) is 43.8 Å². The highest BCUT2D eigenvalue weighted by atomic mass is 16.5. The summed E-state index contributed by atoms with van der Waals surface area (Å²) in [5.41, 5.74) is 4.65. The highest BCUT2D eigenvalue weighted by Crippen LogP contribution is 2.44. The van der Waals surface area contributed by atoms with Gasteiger partial charge in [-0.05, 0) is 53.9 Å². The molecule has 1 saturated carbocycles. The van der Waals surface area contributed by atoms with Gasteiger partial charge in [-0.2, -0.15) is 0 Å². The first kappa shape index (κ1) is 23.4. The number of carboxylic acids is 1. The molecule has 0 radical (unpaired) electrons. The van der Waals surface area contributed by atoms with Gasteiger partial charge in [0.15, 0.2) is 0 Å². The minimum Gasteiger partial charge on any atom is -0.480 e. The number of fused-ring (bicyclic) bond motifs is 3. The van der Waals surface area contributed by atoms with Gasteiger partial charge in [-0.25, -0.2) is 4.79 Å². The number of aliphatic carboxylic acids is 1. The van der Waals surface area contributed by atoms with Gasteiger partial charge in [-0.1, -0.05) is 48.5 Å². The van der Waals surface area contributed by atoms with Crippen LogP contribution in [0.25, 0.3) is 11.1 Å². The van der Waals surface area contributed by atoms with Crippen LogP contribution >= 0.6 is 0 Å². The molecular formula is C27H30N2O6. The van der Waals surface area contributed by atoms with Crippen molar-refractivity contribution in [1.82, 2.24) is 10.2 Å². The van der Waals surface area contributed by atoms with Crippen molar-refractivity contribution in [3.63, 3.8) is 0 Å². The lowest BCUT2D eigenvalue weighted by atomic mass is 9.98. The van der Waals surface area contributed by atoms with Crippen molar-refractivity contribution in [2.75, 3.05) is 26.2 Å². The van der Waals surface area contributed by atoms with Crippen molar-refractivity contribution in [3.05, 3.63) is 59.7 Å². The van der Waals surface area contributed by atoms with Crippen LogP contribution < -0.4 is 5.32 Å². The Kier molecular flexibility index (Phi) is 6.72. The van der Waals surface area contributed by atoms with Crippen LogP contribution in [0.4, 0.5) is 4.79 Å². The molecule has 0 spiro atoms. The van der Waals surface area contributed by atoms with E-state index >= 15 is 0 Å². The number of hydrogen-bond donors (Lipinski definition) is 2. The van der Waals surface area contributed by atoms with E-state index in [-0.39, 0.29) is 37.6 Å². The molecule has 1 aliphatic heterocycles. The molecule has 2 N–H and O–H groups in total. The average molecular weight is 479 g/mol. The van der Waals surface area contributed by atoms with Crippen LogP contribution in [0.3, 0.4) is 0 Å². The van der Waals surface area contributed by atoms with Crippen molar-refractivity contribution < 1.29 is 29.0 Å². The predicted molar refractivity (Wildman–Crippen MR) is 128 cm³/mol. The van der Waals surface area contributed by atoms with Crippen molar-refractivity contribution in [2.24, 2.45) is 5.92 Å². The van der Waals surface area contributed by atoms with Gasteiger partial charge in [0.25, 0.3) is 5.91 Å². The Hall–Kier alpha value is -3.39. The van der Waals surface area contributed by atoms with E-state index in [1.165, 1.54) is 16.0 Å². The molecule has 2 unspecified atom stereocenters. The number of hydrogen-bond acceptors (Lipinski definition) is 5. The molecule has 5 rings (SSSR count). The number of ether oxygens (including phenoxy) is 2. The van der Waals surface area contributed by atoms with E-state index in [0.717, 1.165) is 24.0 Å². The fourth-order valence-electron chi connectivity index (χ4n) is 5.10. The first-order valence-electron chi connectivity index (χ1n) is 12.2.